The Bertz CT molecular complexity index is 1190. The third kappa shape index (κ3) is 4.17. The van der Waals surface area contributed by atoms with Crippen LogP contribution in [-0.2, 0) is 14.8 Å². The van der Waals surface area contributed by atoms with Gasteiger partial charge < -0.3 is 14.8 Å². The number of nitrogens with zero attached hydrogens (tertiary/aromatic N) is 5. The Morgan fingerprint density at radius 2 is 2.22 bits per heavy atom. The SMILES string of the molecule is C[C@@H]1CN(S(C)(=O)=O)CC[C@@H]1Nc1nc2c(OC3CCOC3)c(-c3cn[nH]c3)ccn2n1. The number of hydrogen-bond donors (Lipinski definition) is 2. The van der Waals surface area contributed by atoms with Gasteiger partial charge in [0.15, 0.2) is 11.4 Å². The van der Waals surface area contributed by atoms with Gasteiger partial charge in [0.05, 0.1) is 25.7 Å². The van der Waals surface area contributed by atoms with Crippen LogP contribution in [0.25, 0.3) is 16.8 Å². The molecule has 0 saturated carbocycles. The maximum atomic E-state index is 11.9. The van der Waals surface area contributed by atoms with Gasteiger partial charge in [-0.1, -0.05) is 6.92 Å². The zero-order valence-electron chi connectivity index (χ0n) is 18.1. The molecule has 5 heterocycles. The molecule has 0 spiro atoms. The van der Waals surface area contributed by atoms with Crippen molar-refractivity contribution in [2.75, 3.05) is 37.9 Å². The van der Waals surface area contributed by atoms with Crippen LogP contribution in [0.1, 0.15) is 19.8 Å². The highest BCUT2D eigenvalue weighted by molar-refractivity contribution is 7.88. The monoisotopic (exact) mass is 461 g/mol. The van der Waals surface area contributed by atoms with E-state index in [-0.39, 0.29) is 18.1 Å². The van der Waals surface area contributed by atoms with Crippen molar-refractivity contribution in [2.45, 2.75) is 31.9 Å². The van der Waals surface area contributed by atoms with E-state index in [2.05, 4.69) is 20.6 Å². The first kappa shape index (κ1) is 21.2. The molecule has 172 valence electrons. The van der Waals surface area contributed by atoms with E-state index in [0.717, 1.165) is 17.5 Å². The Kier molecular flexibility index (Phi) is 5.51. The van der Waals surface area contributed by atoms with Gasteiger partial charge in [-0.3, -0.25) is 5.10 Å². The van der Waals surface area contributed by atoms with Crippen LogP contribution in [-0.4, -0.2) is 82.2 Å². The molecule has 3 aromatic heterocycles. The van der Waals surface area contributed by atoms with E-state index >= 15 is 0 Å². The molecule has 2 fully saturated rings. The Balaban J connectivity index is 1.43. The van der Waals surface area contributed by atoms with Gasteiger partial charge in [-0.25, -0.2) is 17.2 Å². The lowest BCUT2D eigenvalue weighted by Gasteiger charge is -2.35. The highest BCUT2D eigenvalue weighted by atomic mass is 32.2. The normalized spacial score (nSPS) is 24.8. The van der Waals surface area contributed by atoms with E-state index in [0.29, 0.717) is 50.1 Å². The fourth-order valence-electron chi connectivity index (χ4n) is 4.29. The summed E-state index contributed by atoms with van der Waals surface area (Å²) in [6.45, 7) is 4.22. The number of rotatable bonds is 6. The first-order valence-electron chi connectivity index (χ1n) is 10.7. The maximum absolute atomic E-state index is 11.9. The zero-order chi connectivity index (χ0) is 22.3. The molecule has 11 nitrogen and oxygen atoms in total. The van der Waals surface area contributed by atoms with Crippen LogP contribution in [0.15, 0.2) is 24.7 Å². The van der Waals surface area contributed by atoms with Crippen LogP contribution in [0.4, 0.5) is 5.95 Å². The van der Waals surface area contributed by atoms with E-state index in [1.54, 1.807) is 10.7 Å². The minimum atomic E-state index is -3.18. The van der Waals surface area contributed by atoms with Crippen LogP contribution in [0, 0.1) is 5.92 Å². The number of H-pyrrole nitrogens is 1. The van der Waals surface area contributed by atoms with Crippen molar-refractivity contribution in [3.05, 3.63) is 24.7 Å². The summed E-state index contributed by atoms with van der Waals surface area (Å²) < 4.78 is 38.8. The first-order valence-corrected chi connectivity index (χ1v) is 12.6. The van der Waals surface area contributed by atoms with Crippen molar-refractivity contribution >= 4 is 21.6 Å². The number of anilines is 1. The molecular weight excluding hydrogens is 434 g/mol. The van der Waals surface area contributed by atoms with Crippen molar-refractivity contribution in [1.29, 1.82) is 0 Å². The molecule has 0 bridgehead atoms. The molecule has 2 saturated heterocycles. The van der Waals surface area contributed by atoms with Crippen molar-refractivity contribution in [3.8, 4) is 16.9 Å². The minimum Gasteiger partial charge on any atom is -0.483 e. The van der Waals surface area contributed by atoms with E-state index in [1.807, 2.05) is 25.4 Å². The Hall–Kier alpha value is -2.70. The number of sulfonamides is 1. The lowest BCUT2D eigenvalue weighted by Crippen LogP contribution is -2.47. The molecule has 2 aliphatic heterocycles. The molecular formula is C20H27N7O4S. The van der Waals surface area contributed by atoms with E-state index in [1.165, 1.54) is 10.6 Å². The Morgan fingerprint density at radius 3 is 2.91 bits per heavy atom. The van der Waals surface area contributed by atoms with Gasteiger partial charge in [0.2, 0.25) is 16.0 Å². The summed E-state index contributed by atoms with van der Waals surface area (Å²) >= 11 is 0. The quantitative estimate of drug-likeness (QED) is 0.564. The highest BCUT2D eigenvalue weighted by Gasteiger charge is 2.31. The van der Waals surface area contributed by atoms with Gasteiger partial charge >= 0.3 is 0 Å². The Labute approximate surface area is 186 Å². The highest BCUT2D eigenvalue weighted by Crippen LogP contribution is 2.35. The molecule has 32 heavy (non-hydrogen) atoms. The average molecular weight is 462 g/mol. The molecule has 3 atom stereocenters. The average Bonchev–Trinajstić information content (AvgIpc) is 3.50. The van der Waals surface area contributed by atoms with Crippen molar-refractivity contribution < 1.29 is 17.9 Å². The molecule has 5 rings (SSSR count). The molecule has 2 aliphatic rings. The summed E-state index contributed by atoms with van der Waals surface area (Å²) in [6.07, 6.45) is 8.14. The van der Waals surface area contributed by atoms with E-state index < -0.39 is 10.0 Å². The smallest absolute Gasteiger partial charge is 0.243 e. The number of fused-ring (bicyclic) bond motifs is 1. The second-order valence-electron chi connectivity index (χ2n) is 8.49. The molecule has 2 N–H and O–H groups in total. The summed E-state index contributed by atoms with van der Waals surface area (Å²) in [4.78, 5) is 4.73. The summed E-state index contributed by atoms with van der Waals surface area (Å²) in [5.41, 5.74) is 2.40. The first-order chi connectivity index (χ1) is 15.4. The maximum Gasteiger partial charge on any atom is 0.243 e. The predicted octanol–water partition coefficient (Wildman–Crippen LogP) is 1.37. The largest absolute Gasteiger partial charge is 0.483 e. The summed E-state index contributed by atoms with van der Waals surface area (Å²) in [5, 5.41) is 14.9. The number of piperidine rings is 1. The van der Waals surface area contributed by atoms with Crippen molar-refractivity contribution in [3.63, 3.8) is 0 Å². The van der Waals surface area contributed by atoms with E-state index in [9.17, 15) is 8.42 Å². The van der Waals surface area contributed by atoms with Crippen LogP contribution < -0.4 is 10.1 Å². The van der Waals surface area contributed by atoms with Crippen LogP contribution in [0.5, 0.6) is 5.75 Å². The number of aromatic nitrogens is 5. The van der Waals surface area contributed by atoms with Crippen molar-refractivity contribution in [1.82, 2.24) is 29.1 Å². The van der Waals surface area contributed by atoms with Gasteiger partial charge in [0.25, 0.3) is 0 Å². The number of nitrogens with one attached hydrogen (secondary N) is 2. The summed E-state index contributed by atoms with van der Waals surface area (Å²) in [7, 11) is -3.18. The fourth-order valence-corrected chi connectivity index (χ4v) is 5.23. The predicted molar refractivity (Wildman–Crippen MR) is 118 cm³/mol. The lowest BCUT2D eigenvalue weighted by molar-refractivity contribution is 0.142. The Morgan fingerprint density at radius 1 is 1.34 bits per heavy atom. The second-order valence-corrected chi connectivity index (χ2v) is 10.5. The number of aromatic amines is 1. The van der Waals surface area contributed by atoms with Crippen LogP contribution in [0.3, 0.4) is 0 Å². The zero-order valence-corrected chi connectivity index (χ0v) is 18.9. The third-order valence-corrected chi connectivity index (χ3v) is 7.36. The van der Waals surface area contributed by atoms with Gasteiger partial charge in [-0.15, -0.1) is 5.10 Å². The number of pyridine rings is 1. The molecule has 0 amide bonds. The fraction of sp³-hybridized carbons (Fsp3) is 0.550. The lowest BCUT2D eigenvalue weighted by atomic mass is 9.95. The number of ether oxygens (including phenoxy) is 2. The molecule has 0 radical (unpaired) electrons. The van der Waals surface area contributed by atoms with Gasteiger partial charge in [-0.2, -0.15) is 10.1 Å². The standard InChI is InChI=1S/C20H27N7O4S/c1-13-11-26(32(2,28)29)6-4-17(13)23-20-24-19-18(31-15-5-8-30-12-15)16(3-7-27(19)25-20)14-9-21-22-10-14/h3,7,9-10,13,15,17H,4-6,8,11-12H2,1-2H3,(H,21,22)(H,23,25)/t13-,15?,17+/m1/s1. The topological polar surface area (TPSA) is 127 Å². The molecule has 12 heteroatoms. The van der Waals surface area contributed by atoms with Gasteiger partial charge in [-0.05, 0) is 18.4 Å². The van der Waals surface area contributed by atoms with Crippen LogP contribution >= 0.6 is 0 Å². The van der Waals surface area contributed by atoms with Gasteiger partial charge in [0, 0.05) is 49.1 Å². The molecule has 3 aromatic rings. The molecule has 1 unspecified atom stereocenters. The second kappa shape index (κ2) is 8.34. The molecule has 0 aromatic carbocycles. The van der Waals surface area contributed by atoms with Crippen molar-refractivity contribution in [2.24, 2.45) is 5.92 Å². The summed E-state index contributed by atoms with van der Waals surface area (Å²) in [6, 6.07) is 2.01. The van der Waals surface area contributed by atoms with E-state index in [4.69, 9.17) is 14.5 Å². The number of hydrogen-bond acceptors (Lipinski definition) is 8. The molecule has 0 aliphatic carbocycles. The van der Waals surface area contributed by atoms with Crippen LogP contribution in [0.2, 0.25) is 0 Å². The van der Waals surface area contributed by atoms with Gasteiger partial charge in [0.1, 0.15) is 6.10 Å². The third-order valence-electron chi connectivity index (χ3n) is 6.09. The minimum absolute atomic E-state index is 0.0414. The summed E-state index contributed by atoms with van der Waals surface area (Å²) in [5.74, 6) is 1.26.